The first kappa shape index (κ1) is 17.9. The fourth-order valence-electron chi connectivity index (χ4n) is 3.20. The van der Waals surface area contributed by atoms with Crippen LogP contribution >= 0.6 is 0 Å². The first-order valence-electron chi connectivity index (χ1n) is 8.90. The minimum Gasteiger partial charge on any atom is -0.396 e. The van der Waals surface area contributed by atoms with Gasteiger partial charge in [-0.1, -0.05) is 36.4 Å². The lowest BCUT2D eigenvalue weighted by Gasteiger charge is -2.09. The monoisotopic (exact) mass is 372 g/mol. The number of nitrogens with two attached hydrogens (primary N) is 1. The molecule has 0 radical (unpaired) electrons. The number of hydrogen-bond donors (Lipinski definition) is 1. The highest BCUT2D eigenvalue weighted by Gasteiger charge is 2.08. The summed E-state index contributed by atoms with van der Waals surface area (Å²) >= 11 is 0. The van der Waals surface area contributed by atoms with E-state index in [4.69, 9.17) is 5.73 Å². The average Bonchev–Trinajstić information content (AvgIpc) is 2.71. The van der Waals surface area contributed by atoms with Crippen molar-refractivity contribution in [3.63, 3.8) is 0 Å². The van der Waals surface area contributed by atoms with Crippen LogP contribution in [0, 0.1) is 11.6 Å². The molecule has 3 aromatic carbocycles. The normalized spacial score (nSPS) is 11.8. The Morgan fingerprint density at radius 2 is 1.50 bits per heavy atom. The summed E-state index contributed by atoms with van der Waals surface area (Å²) < 4.78 is 26.3. The number of aromatic nitrogens is 1. The zero-order valence-corrected chi connectivity index (χ0v) is 15.3. The lowest BCUT2D eigenvalue weighted by molar-refractivity contribution is 0.627. The van der Waals surface area contributed by atoms with E-state index in [1.54, 1.807) is 30.5 Å². The Morgan fingerprint density at radius 1 is 0.857 bits per heavy atom. The number of nitrogen functional groups attached to an aromatic ring is 1. The largest absolute Gasteiger partial charge is 0.396 e. The fraction of sp³-hybridized carbons (Fsp3) is 0.0417. The van der Waals surface area contributed by atoms with Crippen LogP contribution in [0.5, 0.6) is 0 Å². The molecular weight excluding hydrogens is 354 g/mol. The zero-order valence-electron chi connectivity index (χ0n) is 15.3. The maximum Gasteiger partial charge on any atom is 0.123 e. The van der Waals surface area contributed by atoms with Gasteiger partial charge in [-0.05, 0) is 65.6 Å². The van der Waals surface area contributed by atoms with Crippen LogP contribution in [0.2, 0.25) is 0 Å². The third-order valence-corrected chi connectivity index (χ3v) is 4.77. The summed E-state index contributed by atoms with van der Waals surface area (Å²) in [5.74, 6) is -0.530. The lowest BCUT2D eigenvalue weighted by Crippen LogP contribution is -1.94. The summed E-state index contributed by atoms with van der Waals surface area (Å²) in [4.78, 5) is 4.53. The number of pyridine rings is 1. The first-order chi connectivity index (χ1) is 13.5. The Balaban J connectivity index is 1.72. The summed E-state index contributed by atoms with van der Waals surface area (Å²) in [6.45, 7) is 1.96. The van der Waals surface area contributed by atoms with Gasteiger partial charge in [-0.2, -0.15) is 0 Å². The molecule has 0 bridgehead atoms. The highest BCUT2D eigenvalue weighted by atomic mass is 19.1. The Hall–Kier alpha value is -3.53. The van der Waals surface area contributed by atoms with Gasteiger partial charge in [0.05, 0.1) is 11.2 Å². The third kappa shape index (κ3) is 3.49. The maximum absolute atomic E-state index is 13.1. The second-order valence-electron chi connectivity index (χ2n) is 6.71. The van der Waals surface area contributed by atoms with Crippen LogP contribution in [-0.2, 0) is 0 Å². The van der Waals surface area contributed by atoms with Crippen molar-refractivity contribution >= 4 is 28.2 Å². The van der Waals surface area contributed by atoms with E-state index in [0.29, 0.717) is 11.2 Å². The van der Waals surface area contributed by atoms with Crippen LogP contribution in [0.4, 0.5) is 14.5 Å². The molecule has 0 unspecified atom stereocenters. The zero-order chi connectivity index (χ0) is 19.7. The summed E-state index contributed by atoms with van der Waals surface area (Å²) in [7, 11) is 0. The molecule has 0 spiro atoms. The second-order valence-corrected chi connectivity index (χ2v) is 6.71. The average molecular weight is 372 g/mol. The van der Waals surface area contributed by atoms with E-state index in [-0.39, 0.29) is 11.6 Å². The SMILES string of the molecule is C/C(=C\c1ccc2cc(-c3ccc(F)cc3)cnc2c1N)c1ccc(F)cc1. The van der Waals surface area contributed by atoms with Crippen LogP contribution in [0.15, 0.2) is 72.9 Å². The fourth-order valence-corrected chi connectivity index (χ4v) is 3.20. The van der Waals surface area contributed by atoms with Crippen molar-refractivity contribution in [2.45, 2.75) is 6.92 Å². The summed E-state index contributed by atoms with van der Waals surface area (Å²) in [6, 6.07) is 18.6. The molecule has 0 saturated carbocycles. The Morgan fingerprint density at radius 3 is 2.18 bits per heavy atom. The number of nitrogens with zero attached hydrogens (tertiary/aromatic N) is 1. The molecule has 0 aliphatic rings. The molecule has 0 saturated heterocycles. The molecule has 0 aliphatic carbocycles. The number of fused-ring (bicyclic) bond motifs is 1. The molecule has 2 nitrogen and oxygen atoms in total. The minimum absolute atomic E-state index is 0.261. The Labute approximate surface area is 162 Å². The van der Waals surface area contributed by atoms with Crippen LogP contribution in [0.3, 0.4) is 0 Å². The third-order valence-electron chi connectivity index (χ3n) is 4.77. The predicted octanol–water partition coefficient (Wildman–Crippen LogP) is 6.32. The van der Waals surface area contributed by atoms with Gasteiger partial charge >= 0.3 is 0 Å². The van der Waals surface area contributed by atoms with E-state index in [1.165, 1.54) is 24.3 Å². The number of rotatable bonds is 3. The first-order valence-corrected chi connectivity index (χ1v) is 8.90. The molecule has 4 aromatic rings. The van der Waals surface area contributed by atoms with Crippen molar-refractivity contribution in [1.82, 2.24) is 4.98 Å². The number of benzene rings is 3. The lowest BCUT2D eigenvalue weighted by atomic mass is 10.0. The highest BCUT2D eigenvalue weighted by molar-refractivity contribution is 5.97. The summed E-state index contributed by atoms with van der Waals surface area (Å²) in [6.07, 6.45) is 3.71. The molecule has 2 N–H and O–H groups in total. The molecule has 1 aromatic heterocycles. The van der Waals surface area contributed by atoms with E-state index in [9.17, 15) is 8.78 Å². The molecule has 138 valence electrons. The van der Waals surface area contributed by atoms with Gasteiger partial charge < -0.3 is 5.73 Å². The molecule has 1 heterocycles. The van der Waals surface area contributed by atoms with Crippen molar-refractivity contribution in [2.75, 3.05) is 5.73 Å². The van der Waals surface area contributed by atoms with E-state index in [0.717, 1.165) is 33.2 Å². The van der Waals surface area contributed by atoms with E-state index >= 15 is 0 Å². The van der Waals surface area contributed by atoms with Crippen molar-refractivity contribution < 1.29 is 8.78 Å². The van der Waals surface area contributed by atoms with Crippen LogP contribution in [0.1, 0.15) is 18.1 Å². The standard InChI is InChI=1S/C24H18F2N2/c1-15(16-4-8-21(25)9-5-16)12-18-2-3-19-13-20(14-28-24(19)23(18)27)17-6-10-22(26)11-7-17/h2-14H,27H2,1H3/b15-12+. The molecule has 0 atom stereocenters. The van der Waals surface area contributed by atoms with E-state index in [1.807, 2.05) is 31.2 Å². The van der Waals surface area contributed by atoms with Gasteiger partial charge in [0.25, 0.3) is 0 Å². The smallest absolute Gasteiger partial charge is 0.123 e. The second kappa shape index (κ2) is 7.24. The molecule has 0 fully saturated rings. The Bertz CT molecular complexity index is 1180. The van der Waals surface area contributed by atoms with Crippen molar-refractivity contribution in [3.05, 3.63) is 95.7 Å². The number of hydrogen-bond acceptors (Lipinski definition) is 2. The van der Waals surface area contributed by atoms with Gasteiger partial charge in [0.15, 0.2) is 0 Å². The van der Waals surface area contributed by atoms with E-state index < -0.39 is 0 Å². The van der Waals surface area contributed by atoms with Crippen LogP contribution in [0.25, 0.3) is 33.7 Å². The van der Waals surface area contributed by atoms with Gasteiger partial charge in [0, 0.05) is 17.1 Å². The molecule has 28 heavy (non-hydrogen) atoms. The van der Waals surface area contributed by atoms with Crippen molar-refractivity contribution in [2.24, 2.45) is 0 Å². The summed E-state index contributed by atoms with van der Waals surface area (Å²) in [5, 5.41) is 0.913. The van der Waals surface area contributed by atoms with Gasteiger partial charge in [0.2, 0.25) is 0 Å². The van der Waals surface area contributed by atoms with Gasteiger partial charge in [-0.25, -0.2) is 8.78 Å². The van der Waals surface area contributed by atoms with Crippen LogP contribution in [-0.4, -0.2) is 4.98 Å². The quantitative estimate of drug-likeness (QED) is 0.337. The van der Waals surface area contributed by atoms with Gasteiger partial charge in [-0.3, -0.25) is 4.98 Å². The predicted molar refractivity (Wildman–Crippen MR) is 111 cm³/mol. The van der Waals surface area contributed by atoms with Crippen LogP contribution < -0.4 is 5.73 Å². The molecule has 0 aliphatic heterocycles. The highest BCUT2D eigenvalue weighted by Crippen LogP contribution is 2.30. The minimum atomic E-state index is -0.269. The van der Waals surface area contributed by atoms with Gasteiger partial charge in [-0.15, -0.1) is 0 Å². The topological polar surface area (TPSA) is 38.9 Å². The van der Waals surface area contributed by atoms with Crippen molar-refractivity contribution in [1.29, 1.82) is 0 Å². The summed E-state index contributed by atoms with van der Waals surface area (Å²) in [5.41, 5.74) is 12.2. The van der Waals surface area contributed by atoms with E-state index in [2.05, 4.69) is 4.98 Å². The number of anilines is 1. The molecular formula is C24H18F2N2. The molecule has 4 rings (SSSR count). The van der Waals surface area contributed by atoms with Crippen molar-refractivity contribution in [3.8, 4) is 11.1 Å². The Kier molecular flexibility index (Phi) is 4.62. The molecule has 0 amide bonds. The molecule has 4 heteroatoms. The van der Waals surface area contributed by atoms with Gasteiger partial charge in [0.1, 0.15) is 11.6 Å². The number of allylic oxidation sites excluding steroid dienone is 1. The number of halogens is 2. The maximum atomic E-state index is 13.1.